The molecule has 0 unspecified atom stereocenters. The maximum absolute atomic E-state index is 12.6. The molecule has 4 aliphatic rings. The number of fused-ring (bicyclic) bond motifs is 2. The highest BCUT2D eigenvalue weighted by Crippen LogP contribution is 2.58. The quantitative estimate of drug-likeness (QED) is 0.843. The van der Waals surface area contributed by atoms with Gasteiger partial charge in [-0.2, -0.15) is 0 Å². The molecule has 3 fully saturated rings. The van der Waals surface area contributed by atoms with Crippen LogP contribution in [0.1, 0.15) is 51.5 Å². The van der Waals surface area contributed by atoms with Gasteiger partial charge in [-0.15, -0.1) is 0 Å². The van der Waals surface area contributed by atoms with Crippen molar-refractivity contribution in [1.29, 1.82) is 0 Å². The number of rotatable bonds is 4. The fourth-order valence-corrected chi connectivity index (χ4v) is 4.39. The molecule has 1 aromatic rings. The van der Waals surface area contributed by atoms with Gasteiger partial charge in [0, 0.05) is 29.9 Å². The van der Waals surface area contributed by atoms with Gasteiger partial charge in [-0.3, -0.25) is 9.69 Å². The molecule has 0 radical (unpaired) electrons. The molecule has 2 heterocycles. The summed E-state index contributed by atoms with van der Waals surface area (Å²) in [5.41, 5.74) is 0.624. The van der Waals surface area contributed by atoms with E-state index in [9.17, 15) is 9.59 Å². The number of nitrogens with zero attached hydrogens (tertiary/aromatic N) is 1. The van der Waals surface area contributed by atoms with E-state index in [0.717, 1.165) is 30.9 Å². The number of amides is 3. The van der Waals surface area contributed by atoms with E-state index in [4.69, 9.17) is 9.47 Å². The molecule has 0 aromatic heterocycles. The summed E-state index contributed by atoms with van der Waals surface area (Å²) in [4.78, 5) is 26.2. The minimum Gasteiger partial charge on any atom is -0.492 e. The van der Waals surface area contributed by atoms with Gasteiger partial charge in [0.1, 0.15) is 23.1 Å². The lowest BCUT2D eigenvalue weighted by atomic mass is 9.86. The van der Waals surface area contributed by atoms with Gasteiger partial charge in [-0.1, -0.05) is 13.0 Å². The second-order valence-corrected chi connectivity index (χ2v) is 8.35. The van der Waals surface area contributed by atoms with E-state index in [1.807, 2.05) is 25.1 Å². The van der Waals surface area contributed by atoms with Crippen molar-refractivity contribution in [1.82, 2.24) is 10.2 Å². The lowest BCUT2D eigenvalue weighted by Crippen LogP contribution is -2.52. The largest absolute Gasteiger partial charge is 0.492 e. The van der Waals surface area contributed by atoms with Crippen LogP contribution in [-0.4, -0.2) is 41.1 Å². The Morgan fingerprint density at radius 3 is 2.73 bits per heavy atom. The third kappa shape index (κ3) is 2.10. The number of hydrogen-bond donors (Lipinski definition) is 1. The fraction of sp³-hybridized carbons (Fsp3) is 0.600. The summed E-state index contributed by atoms with van der Waals surface area (Å²) in [5, 5.41) is 2.83. The molecular weight excluding hydrogens is 332 g/mol. The Labute approximate surface area is 152 Å². The topological polar surface area (TPSA) is 67.9 Å². The second-order valence-electron chi connectivity index (χ2n) is 8.35. The monoisotopic (exact) mass is 356 g/mol. The Morgan fingerprint density at radius 2 is 2.08 bits per heavy atom. The summed E-state index contributed by atoms with van der Waals surface area (Å²) in [5.74, 6) is 1.75. The Morgan fingerprint density at radius 1 is 1.31 bits per heavy atom. The van der Waals surface area contributed by atoms with Crippen LogP contribution in [0.25, 0.3) is 0 Å². The van der Waals surface area contributed by atoms with E-state index in [1.54, 1.807) is 6.92 Å². The molecule has 1 atom stereocenters. The number of imide groups is 1. The van der Waals surface area contributed by atoms with E-state index in [2.05, 4.69) is 5.32 Å². The SMILES string of the molecule is CC[C@]1(C)NC(=O)N(C2CC(Oc3cccc4c3C3(CC3)CO4)C2)C1=O. The molecular formula is C20H24N2O4. The molecule has 1 spiro atoms. The van der Waals surface area contributed by atoms with Gasteiger partial charge >= 0.3 is 6.03 Å². The first-order chi connectivity index (χ1) is 12.5. The molecule has 1 N–H and O–H groups in total. The Bertz CT molecular complexity index is 797. The van der Waals surface area contributed by atoms with Gasteiger partial charge in [0.15, 0.2) is 0 Å². The molecule has 6 heteroatoms. The summed E-state index contributed by atoms with van der Waals surface area (Å²) in [6.45, 7) is 4.47. The third-order valence-corrected chi connectivity index (χ3v) is 6.60. The van der Waals surface area contributed by atoms with Crippen LogP contribution in [0.3, 0.4) is 0 Å². The molecule has 26 heavy (non-hydrogen) atoms. The third-order valence-electron chi connectivity index (χ3n) is 6.60. The maximum atomic E-state index is 12.6. The smallest absolute Gasteiger partial charge is 0.325 e. The summed E-state index contributed by atoms with van der Waals surface area (Å²) in [7, 11) is 0. The van der Waals surface area contributed by atoms with Crippen molar-refractivity contribution >= 4 is 11.9 Å². The van der Waals surface area contributed by atoms with Gasteiger partial charge in [0.2, 0.25) is 0 Å². The summed E-state index contributed by atoms with van der Waals surface area (Å²) < 4.78 is 12.1. The molecule has 2 saturated carbocycles. The molecule has 0 bridgehead atoms. The Hall–Kier alpha value is -2.24. The van der Waals surface area contributed by atoms with Gasteiger partial charge in [0.05, 0.1) is 6.61 Å². The van der Waals surface area contributed by atoms with Crippen LogP contribution in [0, 0.1) is 0 Å². The maximum Gasteiger partial charge on any atom is 0.325 e. The van der Waals surface area contributed by atoms with Crippen molar-refractivity contribution in [2.45, 2.75) is 69.1 Å². The number of urea groups is 1. The van der Waals surface area contributed by atoms with Crippen LogP contribution in [0.15, 0.2) is 18.2 Å². The molecule has 2 aliphatic heterocycles. The van der Waals surface area contributed by atoms with Crippen LogP contribution in [0.5, 0.6) is 11.5 Å². The summed E-state index contributed by atoms with van der Waals surface area (Å²) >= 11 is 0. The molecule has 3 amide bonds. The zero-order chi connectivity index (χ0) is 18.1. The lowest BCUT2D eigenvalue weighted by molar-refractivity contribution is -0.135. The zero-order valence-electron chi connectivity index (χ0n) is 15.2. The molecule has 138 valence electrons. The standard InChI is InChI=1S/C20H24N2O4/c1-3-19(2)17(23)22(18(24)21-19)12-9-13(10-12)26-15-6-4-5-14-16(15)20(7-8-20)11-25-14/h4-6,12-13H,3,7-11H2,1-2H3,(H,21,24)/t12?,13?,19-/m0/s1. The Balaban J connectivity index is 1.28. The van der Waals surface area contributed by atoms with Crippen molar-refractivity contribution in [2.24, 2.45) is 0 Å². The number of hydrogen-bond acceptors (Lipinski definition) is 4. The molecule has 6 nitrogen and oxygen atoms in total. The van der Waals surface area contributed by atoms with E-state index in [-0.39, 0.29) is 29.5 Å². The fourth-order valence-electron chi connectivity index (χ4n) is 4.39. The Kier molecular flexibility index (Phi) is 3.16. The second kappa shape index (κ2) is 5.15. The lowest BCUT2D eigenvalue weighted by Gasteiger charge is -2.40. The van der Waals surface area contributed by atoms with Gasteiger partial charge in [0.25, 0.3) is 5.91 Å². The number of carbonyl (C=O) groups is 2. The van der Waals surface area contributed by atoms with Gasteiger partial charge in [-0.05, 0) is 38.3 Å². The van der Waals surface area contributed by atoms with Crippen molar-refractivity contribution in [3.63, 3.8) is 0 Å². The average Bonchev–Trinajstić information content (AvgIpc) is 3.22. The van der Waals surface area contributed by atoms with Crippen molar-refractivity contribution < 1.29 is 19.1 Å². The van der Waals surface area contributed by atoms with Crippen molar-refractivity contribution in [3.8, 4) is 11.5 Å². The highest BCUT2D eigenvalue weighted by Gasteiger charge is 2.54. The number of nitrogens with one attached hydrogen (secondary N) is 1. The predicted octanol–water partition coefficient (Wildman–Crippen LogP) is 2.74. The van der Waals surface area contributed by atoms with Crippen molar-refractivity contribution in [3.05, 3.63) is 23.8 Å². The predicted molar refractivity (Wildman–Crippen MR) is 94.4 cm³/mol. The molecule has 1 saturated heterocycles. The van der Waals surface area contributed by atoms with E-state index in [1.165, 1.54) is 10.5 Å². The van der Waals surface area contributed by atoms with Gasteiger partial charge < -0.3 is 14.8 Å². The molecule has 2 aliphatic carbocycles. The van der Waals surface area contributed by atoms with E-state index >= 15 is 0 Å². The van der Waals surface area contributed by atoms with Crippen LogP contribution in [0.2, 0.25) is 0 Å². The van der Waals surface area contributed by atoms with Gasteiger partial charge in [-0.25, -0.2) is 4.79 Å². The minimum absolute atomic E-state index is 0.0389. The number of carbonyl (C=O) groups excluding carboxylic acids is 2. The highest BCUT2D eigenvalue weighted by atomic mass is 16.5. The van der Waals surface area contributed by atoms with Crippen LogP contribution in [0.4, 0.5) is 4.79 Å². The van der Waals surface area contributed by atoms with Crippen molar-refractivity contribution in [2.75, 3.05) is 6.61 Å². The zero-order valence-corrected chi connectivity index (χ0v) is 15.2. The van der Waals surface area contributed by atoms with Crippen LogP contribution in [-0.2, 0) is 10.2 Å². The minimum atomic E-state index is -0.765. The first-order valence-electron chi connectivity index (χ1n) is 9.54. The normalized spacial score (nSPS) is 33.5. The van der Waals surface area contributed by atoms with E-state index in [0.29, 0.717) is 19.3 Å². The number of benzene rings is 1. The summed E-state index contributed by atoms with van der Waals surface area (Å²) in [6, 6.07) is 5.66. The van der Waals surface area contributed by atoms with E-state index < -0.39 is 5.54 Å². The average molecular weight is 356 g/mol. The number of ether oxygens (including phenoxy) is 2. The van der Waals surface area contributed by atoms with Crippen LogP contribution >= 0.6 is 0 Å². The van der Waals surface area contributed by atoms with Crippen LogP contribution < -0.4 is 14.8 Å². The summed E-state index contributed by atoms with van der Waals surface area (Å²) in [6.07, 6.45) is 4.33. The first kappa shape index (κ1) is 16.0. The highest BCUT2D eigenvalue weighted by molar-refractivity contribution is 6.07. The first-order valence-corrected chi connectivity index (χ1v) is 9.54. The molecule has 5 rings (SSSR count). The molecule has 1 aromatic carbocycles.